The quantitative estimate of drug-likeness (QED) is 0.858. The molecule has 3 fully saturated rings. The molecule has 3 aliphatic rings. The lowest BCUT2D eigenvalue weighted by atomic mass is 9.94. The van der Waals surface area contributed by atoms with Crippen molar-refractivity contribution in [2.75, 3.05) is 37.7 Å². The average molecular weight is 345 g/mol. The molecule has 4 rings (SSSR count). The van der Waals surface area contributed by atoms with E-state index in [1.807, 2.05) is 0 Å². The van der Waals surface area contributed by atoms with Gasteiger partial charge in [0.25, 0.3) is 0 Å². The van der Waals surface area contributed by atoms with Crippen LogP contribution in [0.25, 0.3) is 0 Å². The van der Waals surface area contributed by atoms with Crippen molar-refractivity contribution in [3.63, 3.8) is 0 Å². The number of aromatic nitrogens is 1. The van der Waals surface area contributed by atoms with E-state index in [1.165, 1.54) is 44.1 Å². The van der Waals surface area contributed by atoms with Gasteiger partial charge in [0.05, 0.1) is 13.2 Å². The van der Waals surface area contributed by atoms with Gasteiger partial charge in [-0.05, 0) is 49.7 Å². The Bertz CT molecular complexity index is 523. The summed E-state index contributed by atoms with van der Waals surface area (Å²) in [5.41, 5.74) is 1.29. The number of nitrogens with one attached hydrogen (secondary N) is 2. The van der Waals surface area contributed by atoms with Gasteiger partial charge in [-0.3, -0.25) is 0 Å². The molecule has 1 aromatic rings. The summed E-state index contributed by atoms with van der Waals surface area (Å²) in [5.74, 6) is 1.84. The highest BCUT2D eigenvalue weighted by Gasteiger charge is 2.34. The zero-order valence-electron chi connectivity index (χ0n) is 15.3. The third-order valence-corrected chi connectivity index (χ3v) is 6.09. The van der Waals surface area contributed by atoms with Crippen LogP contribution in [-0.2, 0) is 11.3 Å². The third kappa shape index (κ3) is 4.33. The second kappa shape index (κ2) is 8.47. The maximum Gasteiger partial charge on any atom is 0.128 e. The minimum Gasteiger partial charge on any atom is -0.379 e. The van der Waals surface area contributed by atoms with Crippen LogP contribution in [0.3, 0.4) is 0 Å². The lowest BCUT2D eigenvalue weighted by Gasteiger charge is -2.33. The second-order valence-corrected chi connectivity index (χ2v) is 7.79. The minimum atomic E-state index is 0.522. The smallest absolute Gasteiger partial charge is 0.128 e. The van der Waals surface area contributed by atoms with Gasteiger partial charge in [0, 0.05) is 44.5 Å². The summed E-state index contributed by atoms with van der Waals surface area (Å²) >= 11 is 0. The predicted octanol–water partition coefficient (Wildman–Crippen LogP) is 2.32. The third-order valence-electron chi connectivity index (χ3n) is 6.09. The van der Waals surface area contributed by atoms with Crippen LogP contribution in [0.2, 0.25) is 0 Å². The first-order valence-electron chi connectivity index (χ1n) is 10.1. The highest BCUT2D eigenvalue weighted by Crippen LogP contribution is 2.29. The number of hydrogen-bond acceptors (Lipinski definition) is 5. The van der Waals surface area contributed by atoms with Crippen LogP contribution in [0.1, 0.15) is 44.1 Å². The van der Waals surface area contributed by atoms with Crippen molar-refractivity contribution < 1.29 is 4.74 Å². The molecule has 1 aromatic heterocycles. The highest BCUT2D eigenvalue weighted by atomic mass is 16.5. The Morgan fingerprint density at radius 1 is 1.16 bits per heavy atom. The van der Waals surface area contributed by atoms with Crippen LogP contribution >= 0.6 is 0 Å². The van der Waals surface area contributed by atoms with Gasteiger partial charge in [-0.2, -0.15) is 0 Å². The Labute approximate surface area is 151 Å². The predicted molar refractivity (Wildman–Crippen MR) is 101 cm³/mol. The first-order chi connectivity index (χ1) is 12.4. The molecule has 2 saturated heterocycles. The fraction of sp³-hybridized carbons (Fsp3) is 0.750. The van der Waals surface area contributed by atoms with Crippen LogP contribution in [0, 0.1) is 5.92 Å². The summed E-state index contributed by atoms with van der Waals surface area (Å²) in [6, 6.07) is 5.57. The van der Waals surface area contributed by atoms with E-state index < -0.39 is 0 Å². The monoisotopic (exact) mass is 344 g/mol. The van der Waals surface area contributed by atoms with Crippen molar-refractivity contribution in [2.24, 2.45) is 5.92 Å². The van der Waals surface area contributed by atoms with E-state index in [1.54, 1.807) is 0 Å². The normalized spacial score (nSPS) is 30.6. The lowest BCUT2D eigenvalue weighted by molar-refractivity contribution is 0.0524. The van der Waals surface area contributed by atoms with Crippen LogP contribution in [0.15, 0.2) is 18.3 Å². The van der Waals surface area contributed by atoms with E-state index in [0.717, 1.165) is 45.2 Å². The molecule has 25 heavy (non-hydrogen) atoms. The zero-order valence-corrected chi connectivity index (χ0v) is 15.3. The van der Waals surface area contributed by atoms with Gasteiger partial charge in [0.2, 0.25) is 0 Å². The van der Waals surface area contributed by atoms with Crippen LogP contribution in [0.4, 0.5) is 5.82 Å². The van der Waals surface area contributed by atoms with Gasteiger partial charge >= 0.3 is 0 Å². The van der Waals surface area contributed by atoms with E-state index in [9.17, 15) is 0 Å². The first kappa shape index (κ1) is 17.3. The first-order valence-corrected chi connectivity index (χ1v) is 10.1. The van der Waals surface area contributed by atoms with Crippen molar-refractivity contribution in [3.8, 4) is 0 Å². The average Bonchev–Trinajstić information content (AvgIpc) is 3.17. The molecule has 0 radical (unpaired) electrons. The Kier molecular flexibility index (Phi) is 5.85. The number of nitrogens with zero attached hydrogens (tertiary/aromatic N) is 2. The molecule has 138 valence electrons. The molecule has 0 amide bonds. The Morgan fingerprint density at radius 2 is 2.08 bits per heavy atom. The summed E-state index contributed by atoms with van der Waals surface area (Å²) in [6.07, 6.45) is 9.93. The molecule has 0 bridgehead atoms. The molecule has 1 aliphatic carbocycles. The number of anilines is 1. The maximum atomic E-state index is 5.67. The van der Waals surface area contributed by atoms with E-state index >= 15 is 0 Å². The molecule has 5 nitrogen and oxygen atoms in total. The van der Waals surface area contributed by atoms with Gasteiger partial charge in [0.15, 0.2) is 0 Å². The number of pyridine rings is 1. The molecule has 1 saturated carbocycles. The highest BCUT2D eigenvalue weighted by molar-refractivity contribution is 5.39. The van der Waals surface area contributed by atoms with Gasteiger partial charge in [0.1, 0.15) is 5.82 Å². The maximum absolute atomic E-state index is 5.67. The van der Waals surface area contributed by atoms with E-state index in [0.29, 0.717) is 18.0 Å². The molecule has 5 heteroatoms. The van der Waals surface area contributed by atoms with E-state index in [2.05, 4.69) is 33.9 Å². The second-order valence-electron chi connectivity index (χ2n) is 7.79. The van der Waals surface area contributed by atoms with Gasteiger partial charge in [-0.25, -0.2) is 4.98 Å². The van der Waals surface area contributed by atoms with Gasteiger partial charge in [-0.15, -0.1) is 0 Å². The number of rotatable bonds is 5. The van der Waals surface area contributed by atoms with Crippen LogP contribution in [-0.4, -0.2) is 49.9 Å². The van der Waals surface area contributed by atoms with Gasteiger partial charge in [-0.1, -0.05) is 12.5 Å². The Hall–Kier alpha value is -1.17. The van der Waals surface area contributed by atoms with Crippen molar-refractivity contribution in [3.05, 3.63) is 23.9 Å². The van der Waals surface area contributed by atoms with Crippen molar-refractivity contribution in [2.45, 2.75) is 57.2 Å². The van der Waals surface area contributed by atoms with Crippen molar-refractivity contribution >= 4 is 5.82 Å². The summed E-state index contributed by atoms with van der Waals surface area (Å²) in [5, 5.41) is 7.45. The number of hydrogen-bond donors (Lipinski definition) is 2. The van der Waals surface area contributed by atoms with Crippen LogP contribution in [0.5, 0.6) is 0 Å². The largest absolute Gasteiger partial charge is 0.379 e. The molecular weight excluding hydrogens is 312 g/mol. The summed E-state index contributed by atoms with van der Waals surface area (Å²) in [7, 11) is 0. The fourth-order valence-electron chi connectivity index (χ4n) is 4.66. The molecule has 2 N–H and O–H groups in total. The molecule has 2 aliphatic heterocycles. The Morgan fingerprint density at radius 3 is 2.84 bits per heavy atom. The summed E-state index contributed by atoms with van der Waals surface area (Å²) in [6.45, 7) is 5.96. The van der Waals surface area contributed by atoms with Gasteiger partial charge < -0.3 is 20.3 Å². The van der Waals surface area contributed by atoms with Crippen molar-refractivity contribution in [1.82, 2.24) is 15.6 Å². The number of piperidine rings is 1. The minimum absolute atomic E-state index is 0.522. The number of morpholine rings is 1. The lowest BCUT2D eigenvalue weighted by Crippen LogP contribution is -2.50. The zero-order chi connectivity index (χ0) is 16.9. The summed E-state index contributed by atoms with van der Waals surface area (Å²) < 4.78 is 5.67. The standard InChI is InChI=1S/C20H32N4O/c1-2-10-24(11-3-1)20-8-7-16(14-23-20)13-22-18-6-4-5-17(18)19-15-25-12-9-21-19/h7-8,14,17-19,21-22H,1-6,9-13,15H2. The van der Waals surface area contributed by atoms with E-state index in [4.69, 9.17) is 9.72 Å². The molecule has 3 heterocycles. The fourth-order valence-corrected chi connectivity index (χ4v) is 4.66. The van der Waals surface area contributed by atoms with Crippen molar-refractivity contribution in [1.29, 1.82) is 0 Å². The molecule has 0 aromatic carbocycles. The Balaban J connectivity index is 1.29. The molecular formula is C20H32N4O. The van der Waals surface area contributed by atoms with Crippen LogP contribution < -0.4 is 15.5 Å². The summed E-state index contributed by atoms with van der Waals surface area (Å²) in [4.78, 5) is 7.13. The topological polar surface area (TPSA) is 49.4 Å². The molecule has 0 spiro atoms. The SMILES string of the molecule is c1cc(N2CCCCC2)ncc1CNC1CCCC1C1COCCN1. The number of ether oxygens (including phenoxy) is 1. The van der Waals surface area contributed by atoms with E-state index in [-0.39, 0.29) is 0 Å². The molecule has 3 unspecified atom stereocenters. The molecule has 3 atom stereocenters.